The van der Waals surface area contributed by atoms with Crippen LogP contribution in [0.25, 0.3) is 0 Å². The molecule has 16 heavy (non-hydrogen) atoms. The van der Waals surface area contributed by atoms with Gasteiger partial charge in [-0.25, -0.2) is 0 Å². The predicted molar refractivity (Wildman–Crippen MR) is 61.8 cm³/mol. The molecule has 1 rings (SSSR count). The summed E-state index contributed by atoms with van der Waals surface area (Å²) in [5.41, 5.74) is -0.216. The molecule has 0 aromatic rings. The van der Waals surface area contributed by atoms with Crippen LogP contribution in [0.4, 0.5) is 0 Å². The Balaban J connectivity index is 2.75. The first-order valence-electron chi connectivity index (χ1n) is 5.72. The summed E-state index contributed by atoms with van der Waals surface area (Å²) in [6.07, 6.45) is 3.75. The first-order valence-corrected chi connectivity index (χ1v) is 7.52. The van der Waals surface area contributed by atoms with Crippen molar-refractivity contribution in [1.82, 2.24) is 0 Å². The van der Waals surface area contributed by atoms with E-state index in [-0.39, 0.29) is 18.0 Å². The molecule has 0 radical (unpaired) electrons. The number of hydrogen-bond donors (Lipinski definition) is 2. The number of nitrogens with zero attached hydrogens (tertiary/aromatic N) is 1. The molecule has 0 saturated heterocycles. The van der Waals surface area contributed by atoms with Crippen LogP contribution in [0.1, 0.15) is 46.0 Å². The predicted octanol–water partition coefficient (Wildman–Crippen LogP) is 2.66. The maximum Gasteiger partial charge on any atom is 0.326 e. The van der Waals surface area contributed by atoms with Crippen molar-refractivity contribution >= 4 is 7.60 Å². The van der Waals surface area contributed by atoms with Gasteiger partial charge in [0.2, 0.25) is 0 Å². The van der Waals surface area contributed by atoms with E-state index in [0.29, 0.717) is 0 Å². The molecular weight excluding hydrogens is 225 g/mol. The van der Waals surface area contributed by atoms with Crippen molar-refractivity contribution in [3.63, 3.8) is 0 Å². The fraction of sp³-hybridized carbons (Fsp3) is 0.909. The number of hydrogen-bond acceptors (Lipinski definition) is 2. The Morgan fingerprint density at radius 3 is 2.06 bits per heavy atom. The quantitative estimate of drug-likeness (QED) is 0.729. The van der Waals surface area contributed by atoms with Gasteiger partial charge >= 0.3 is 7.60 Å². The van der Waals surface area contributed by atoms with Crippen LogP contribution in [0, 0.1) is 22.2 Å². The lowest BCUT2D eigenvalue weighted by Gasteiger charge is -2.55. The highest BCUT2D eigenvalue weighted by Crippen LogP contribution is 2.63. The van der Waals surface area contributed by atoms with Crippen LogP contribution in [0.15, 0.2) is 0 Å². The van der Waals surface area contributed by atoms with E-state index < -0.39 is 13.0 Å². The summed E-state index contributed by atoms with van der Waals surface area (Å²) in [6.45, 7) is 4.22. The molecule has 0 aromatic carbocycles. The van der Waals surface area contributed by atoms with Crippen LogP contribution < -0.4 is 0 Å². The minimum absolute atomic E-state index is 0.130. The lowest BCUT2D eigenvalue weighted by atomic mass is 9.50. The summed E-state index contributed by atoms with van der Waals surface area (Å²) < 4.78 is 11.1. The van der Waals surface area contributed by atoms with Gasteiger partial charge in [0.25, 0.3) is 0 Å². The smallest absolute Gasteiger partial charge is 0.324 e. The van der Waals surface area contributed by atoms with Crippen molar-refractivity contribution in [2.45, 2.75) is 46.0 Å². The molecule has 0 atom stereocenters. The summed E-state index contributed by atoms with van der Waals surface area (Å²) in [5, 5.41) is 8.78. The molecule has 1 fully saturated rings. The van der Waals surface area contributed by atoms with Crippen molar-refractivity contribution in [1.29, 1.82) is 5.26 Å². The van der Waals surface area contributed by atoms with Crippen LogP contribution in [0.2, 0.25) is 0 Å². The molecule has 4 nitrogen and oxygen atoms in total. The minimum Gasteiger partial charge on any atom is -0.324 e. The van der Waals surface area contributed by atoms with Gasteiger partial charge in [-0.05, 0) is 23.7 Å². The van der Waals surface area contributed by atoms with Gasteiger partial charge in [0.1, 0.15) is 0 Å². The zero-order valence-electron chi connectivity index (χ0n) is 9.94. The van der Waals surface area contributed by atoms with Gasteiger partial charge < -0.3 is 9.79 Å². The van der Waals surface area contributed by atoms with E-state index in [1.165, 1.54) is 0 Å². The van der Waals surface area contributed by atoms with E-state index in [4.69, 9.17) is 15.0 Å². The zero-order valence-corrected chi connectivity index (χ0v) is 10.8. The van der Waals surface area contributed by atoms with E-state index in [0.717, 1.165) is 25.7 Å². The largest absolute Gasteiger partial charge is 0.326 e. The minimum atomic E-state index is -4.01. The Bertz CT molecular complexity index is 330. The van der Waals surface area contributed by atoms with Crippen molar-refractivity contribution < 1.29 is 14.4 Å². The van der Waals surface area contributed by atoms with E-state index in [1.54, 1.807) is 0 Å². The van der Waals surface area contributed by atoms with Gasteiger partial charge in [-0.15, -0.1) is 0 Å². The molecule has 0 bridgehead atoms. The molecule has 1 aliphatic carbocycles. The maximum atomic E-state index is 11.1. The Hall–Kier alpha value is -0.360. The summed E-state index contributed by atoms with van der Waals surface area (Å²) in [6, 6.07) is 2.08. The Labute approximate surface area is 96.8 Å². The van der Waals surface area contributed by atoms with Crippen LogP contribution in [-0.2, 0) is 4.57 Å². The summed E-state index contributed by atoms with van der Waals surface area (Å²) in [5.74, 6) is 0. The average molecular weight is 245 g/mol. The van der Waals surface area contributed by atoms with Crippen molar-refractivity contribution in [2.24, 2.45) is 10.8 Å². The fourth-order valence-electron chi connectivity index (χ4n) is 3.19. The first-order chi connectivity index (χ1) is 7.30. The Kier molecular flexibility index (Phi) is 3.84. The summed E-state index contributed by atoms with van der Waals surface area (Å²) in [4.78, 5) is 18.1. The molecule has 92 valence electrons. The second-order valence-electron chi connectivity index (χ2n) is 5.22. The number of nitriles is 1. The standard InChI is InChI=1S/C11H20NO3P/c1-3-10(4-2)7-11(8-10,5-6-12)9-16(13,14)15/h3-5,7-9H2,1-2H3,(H2,13,14,15). The second-order valence-corrected chi connectivity index (χ2v) is 6.86. The van der Waals surface area contributed by atoms with Crippen LogP contribution in [-0.4, -0.2) is 15.9 Å². The third-order valence-electron chi connectivity index (χ3n) is 4.00. The van der Waals surface area contributed by atoms with E-state index in [2.05, 4.69) is 19.9 Å². The molecular formula is C11H20NO3P. The van der Waals surface area contributed by atoms with E-state index >= 15 is 0 Å². The third-order valence-corrected chi connectivity index (χ3v) is 5.08. The van der Waals surface area contributed by atoms with Gasteiger partial charge in [-0.3, -0.25) is 4.57 Å². The van der Waals surface area contributed by atoms with Crippen molar-refractivity contribution in [3.05, 3.63) is 0 Å². The first kappa shape index (κ1) is 13.7. The highest BCUT2D eigenvalue weighted by Gasteiger charge is 2.54. The third kappa shape index (κ3) is 2.85. The average Bonchev–Trinajstić information content (AvgIpc) is 2.10. The zero-order chi connectivity index (χ0) is 12.4. The van der Waals surface area contributed by atoms with Gasteiger partial charge in [0, 0.05) is 6.42 Å². The van der Waals surface area contributed by atoms with E-state index in [1.807, 2.05) is 0 Å². The molecule has 0 unspecified atom stereocenters. The molecule has 5 heteroatoms. The molecule has 0 amide bonds. The Morgan fingerprint density at radius 2 is 1.75 bits per heavy atom. The van der Waals surface area contributed by atoms with Crippen molar-refractivity contribution in [2.75, 3.05) is 6.16 Å². The molecule has 0 heterocycles. The van der Waals surface area contributed by atoms with Crippen LogP contribution >= 0.6 is 7.60 Å². The van der Waals surface area contributed by atoms with Gasteiger partial charge in [0.15, 0.2) is 0 Å². The molecule has 2 N–H and O–H groups in total. The van der Waals surface area contributed by atoms with Crippen LogP contribution in [0.5, 0.6) is 0 Å². The monoisotopic (exact) mass is 245 g/mol. The van der Waals surface area contributed by atoms with E-state index in [9.17, 15) is 4.57 Å². The normalized spacial score (nSPS) is 22.2. The van der Waals surface area contributed by atoms with Gasteiger partial charge in [0.05, 0.1) is 12.2 Å². The number of rotatable bonds is 5. The summed E-state index contributed by atoms with van der Waals surface area (Å²) in [7, 11) is -4.01. The summed E-state index contributed by atoms with van der Waals surface area (Å²) >= 11 is 0. The van der Waals surface area contributed by atoms with Gasteiger partial charge in [-0.2, -0.15) is 5.26 Å². The maximum absolute atomic E-state index is 11.1. The lowest BCUT2D eigenvalue weighted by molar-refractivity contribution is -0.0301. The molecule has 0 aromatic heterocycles. The molecule has 0 aliphatic heterocycles. The highest BCUT2D eigenvalue weighted by atomic mass is 31.2. The Morgan fingerprint density at radius 1 is 1.25 bits per heavy atom. The highest BCUT2D eigenvalue weighted by molar-refractivity contribution is 7.51. The van der Waals surface area contributed by atoms with Crippen LogP contribution in [0.3, 0.4) is 0 Å². The second kappa shape index (κ2) is 4.49. The molecule has 0 spiro atoms. The fourth-order valence-corrected chi connectivity index (χ4v) is 4.40. The topological polar surface area (TPSA) is 81.3 Å². The van der Waals surface area contributed by atoms with Crippen molar-refractivity contribution in [3.8, 4) is 6.07 Å². The van der Waals surface area contributed by atoms with Gasteiger partial charge in [-0.1, -0.05) is 26.7 Å². The molecule has 1 saturated carbocycles. The molecule has 1 aliphatic rings. The SMILES string of the molecule is CCC1(CC)CC(CC#N)(CP(=O)(O)O)C1. The lowest BCUT2D eigenvalue weighted by Crippen LogP contribution is -2.48.